The SMILES string of the molecule is Cc1c(S(=O)(=O)CCNC(=O)NCCc2ccccc2)c2ccccc2n1C. The fourth-order valence-corrected chi connectivity index (χ4v) is 4.98. The average Bonchev–Trinajstić information content (AvgIpc) is 2.94. The number of sulfone groups is 1. The summed E-state index contributed by atoms with van der Waals surface area (Å²) in [5.41, 5.74) is 2.72. The van der Waals surface area contributed by atoms with E-state index in [4.69, 9.17) is 0 Å². The van der Waals surface area contributed by atoms with Gasteiger partial charge in [0.15, 0.2) is 9.84 Å². The minimum atomic E-state index is -3.52. The van der Waals surface area contributed by atoms with Crippen molar-refractivity contribution in [3.05, 3.63) is 65.9 Å². The van der Waals surface area contributed by atoms with Gasteiger partial charge in [0.2, 0.25) is 0 Å². The highest BCUT2D eigenvalue weighted by Crippen LogP contribution is 2.29. The van der Waals surface area contributed by atoms with Crippen molar-refractivity contribution in [3.63, 3.8) is 0 Å². The number of aryl methyl sites for hydroxylation is 1. The van der Waals surface area contributed by atoms with Gasteiger partial charge in [-0.05, 0) is 25.0 Å². The predicted molar refractivity (Wildman–Crippen MR) is 111 cm³/mol. The Kier molecular flexibility index (Phi) is 6.04. The molecule has 3 rings (SSSR count). The maximum atomic E-state index is 12.9. The van der Waals surface area contributed by atoms with E-state index < -0.39 is 9.84 Å². The Hall–Kier alpha value is -2.80. The minimum Gasteiger partial charge on any atom is -0.347 e. The molecule has 6 nitrogen and oxygen atoms in total. The number of nitrogens with zero attached hydrogens (tertiary/aromatic N) is 1. The van der Waals surface area contributed by atoms with Crippen LogP contribution in [0.1, 0.15) is 11.3 Å². The van der Waals surface area contributed by atoms with Crippen molar-refractivity contribution in [2.45, 2.75) is 18.2 Å². The molecule has 0 aliphatic heterocycles. The van der Waals surface area contributed by atoms with E-state index in [1.165, 1.54) is 0 Å². The minimum absolute atomic E-state index is 0.0577. The molecular formula is C21H25N3O3S. The van der Waals surface area contributed by atoms with Crippen molar-refractivity contribution in [3.8, 4) is 0 Å². The lowest BCUT2D eigenvalue weighted by molar-refractivity contribution is 0.241. The first kappa shape index (κ1) is 19.9. The summed E-state index contributed by atoms with van der Waals surface area (Å²) in [7, 11) is -1.66. The average molecular weight is 400 g/mol. The summed E-state index contributed by atoms with van der Waals surface area (Å²) in [5, 5.41) is 6.10. The molecule has 0 unspecified atom stereocenters. The van der Waals surface area contributed by atoms with Crippen LogP contribution in [0, 0.1) is 6.92 Å². The Balaban J connectivity index is 1.56. The van der Waals surface area contributed by atoms with Gasteiger partial charge in [-0.15, -0.1) is 0 Å². The summed E-state index contributed by atoms with van der Waals surface area (Å²) >= 11 is 0. The van der Waals surface area contributed by atoms with Gasteiger partial charge in [-0.3, -0.25) is 0 Å². The molecule has 0 atom stereocenters. The Morgan fingerprint density at radius 2 is 1.61 bits per heavy atom. The van der Waals surface area contributed by atoms with Crippen LogP contribution in [-0.2, 0) is 23.3 Å². The van der Waals surface area contributed by atoms with Crippen LogP contribution >= 0.6 is 0 Å². The highest BCUT2D eigenvalue weighted by molar-refractivity contribution is 7.91. The molecule has 148 valence electrons. The molecule has 0 saturated heterocycles. The number of hydrogen-bond donors (Lipinski definition) is 2. The smallest absolute Gasteiger partial charge is 0.314 e. The molecule has 0 aliphatic rings. The van der Waals surface area contributed by atoms with Crippen molar-refractivity contribution in [2.75, 3.05) is 18.8 Å². The number of benzene rings is 2. The number of nitrogens with one attached hydrogen (secondary N) is 2. The largest absolute Gasteiger partial charge is 0.347 e. The van der Waals surface area contributed by atoms with Crippen LogP contribution < -0.4 is 10.6 Å². The number of hydrogen-bond acceptors (Lipinski definition) is 3. The zero-order valence-electron chi connectivity index (χ0n) is 16.1. The van der Waals surface area contributed by atoms with Crippen LogP contribution in [0.4, 0.5) is 4.79 Å². The highest BCUT2D eigenvalue weighted by Gasteiger charge is 2.23. The lowest BCUT2D eigenvalue weighted by atomic mass is 10.1. The van der Waals surface area contributed by atoms with Gasteiger partial charge in [0.1, 0.15) is 0 Å². The van der Waals surface area contributed by atoms with Crippen LogP contribution in [0.5, 0.6) is 0 Å². The van der Waals surface area contributed by atoms with E-state index in [0.717, 1.165) is 22.9 Å². The van der Waals surface area contributed by atoms with E-state index in [1.54, 1.807) is 6.92 Å². The summed E-state index contributed by atoms with van der Waals surface area (Å²) < 4.78 is 27.6. The highest BCUT2D eigenvalue weighted by atomic mass is 32.2. The monoisotopic (exact) mass is 399 g/mol. The third-order valence-corrected chi connectivity index (χ3v) is 6.73. The Morgan fingerprint density at radius 1 is 0.964 bits per heavy atom. The van der Waals surface area contributed by atoms with Gasteiger partial charge in [0.05, 0.1) is 10.6 Å². The van der Waals surface area contributed by atoms with E-state index >= 15 is 0 Å². The number of rotatable bonds is 7. The normalized spacial score (nSPS) is 11.5. The molecule has 28 heavy (non-hydrogen) atoms. The first-order valence-electron chi connectivity index (χ1n) is 9.22. The van der Waals surface area contributed by atoms with E-state index in [-0.39, 0.29) is 18.3 Å². The molecule has 2 amide bonds. The van der Waals surface area contributed by atoms with Crippen molar-refractivity contribution >= 4 is 26.8 Å². The van der Waals surface area contributed by atoms with Crippen LogP contribution in [0.2, 0.25) is 0 Å². The zero-order valence-corrected chi connectivity index (χ0v) is 16.9. The second-order valence-corrected chi connectivity index (χ2v) is 8.77. The number of aromatic nitrogens is 1. The van der Waals surface area contributed by atoms with Crippen LogP contribution in [0.3, 0.4) is 0 Å². The molecule has 7 heteroatoms. The van der Waals surface area contributed by atoms with Crippen molar-refractivity contribution in [2.24, 2.45) is 7.05 Å². The second-order valence-electron chi connectivity index (χ2n) is 6.73. The van der Waals surface area contributed by atoms with E-state index in [9.17, 15) is 13.2 Å². The lowest BCUT2D eigenvalue weighted by Crippen LogP contribution is -2.38. The molecular weight excluding hydrogens is 374 g/mol. The molecule has 1 aromatic heterocycles. The van der Waals surface area contributed by atoms with Crippen LogP contribution in [0.25, 0.3) is 10.9 Å². The second kappa shape index (κ2) is 8.48. The fraction of sp³-hybridized carbons (Fsp3) is 0.286. The molecule has 2 aromatic carbocycles. The summed E-state index contributed by atoms with van der Waals surface area (Å²) in [6.07, 6.45) is 0.724. The van der Waals surface area contributed by atoms with Crippen LogP contribution in [-0.4, -0.2) is 37.9 Å². The number of urea groups is 1. The Bertz CT molecular complexity index is 1070. The number of fused-ring (bicyclic) bond motifs is 1. The molecule has 0 bridgehead atoms. The van der Waals surface area contributed by atoms with Gasteiger partial charge < -0.3 is 15.2 Å². The number of carbonyl (C=O) groups excluding carboxylic acids is 1. The number of para-hydroxylation sites is 1. The number of amides is 2. The summed E-state index contributed by atoms with van der Waals surface area (Å²) in [4.78, 5) is 12.3. The van der Waals surface area contributed by atoms with E-state index in [0.29, 0.717) is 17.1 Å². The third-order valence-electron chi connectivity index (χ3n) is 4.85. The predicted octanol–water partition coefficient (Wildman–Crippen LogP) is 2.80. The number of carbonyl (C=O) groups is 1. The van der Waals surface area contributed by atoms with Gasteiger partial charge in [0, 0.05) is 36.7 Å². The molecule has 0 saturated carbocycles. The quantitative estimate of drug-likeness (QED) is 0.641. The topological polar surface area (TPSA) is 80.2 Å². The van der Waals surface area contributed by atoms with Gasteiger partial charge in [-0.1, -0.05) is 48.5 Å². The Morgan fingerprint density at radius 3 is 2.36 bits per heavy atom. The van der Waals surface area contributed by atoms with Crippen molar-refractivity contribution < 1.29 is 13.2 Å². The summed E-state index contributed by atoms with van der Waals surface area (Å²) in [5.74, 6) is -0.145. The molecule has 0 spiro atoms. The maximum absolute atomic E-state index is 12.9. The first-order valence-corrected chi connectivity index (χ1v) is 10.9. The van der Waals surface area contributed by atoms with E-state index in [1.807, 2.05) is 66.2 Å². The molecule has 2 N–H and O–H groups in total. The molecule has 0 radical (unpaired) electrons. The van der Waals surface area contributed by atoms with Crippen LogP contribution in [0.15, 0.2) is 59.5 Å². The van der Waals surface area contributed by atoms with Crippen molar-refractivity contribution in [1.82, 2.24) is 15.2 Å². The summed E-state index contributed by atoms with van der Waals surface area (Å²) in [6, 6.07) is 16.9. The maximum Gasteiger partial charge on any atom is 0.314 e. The van der Waals surface area contributed by atoms with Gasteiger partial charge in [-0.2, -0.15) is 0 Å². The molecule has 3 aromatic rings. The van der Waals surface area contributed by atoms with Gasteiger partial charge >= 0.3 is 6.03 Å². The van der Waals surface area contributed by atoms with E-state index in [2.05, 4.69) is 10.6 Å². The summed E-state index contributed by atoms with van der Waals surface area (Å²) in [6.45, 7) is 2.35. The first-order chi connectivity index (χ1) is 13.4. The lowest BCUT2D eigenvalue weighted by Gasteiger charge is -2.09. The van der Waals surface area contributed by atoms with Gasteiger partial charge in [-0.25, -0.2) is 13.2 Å². The standard InChI is InChI=1S/C21H25N3O3S/c1-16-20(18-10-6-7-11-19(18)24(16)2)28(26,27)15-14-23-21(25)22-13-12-17-8-4-3-5-9-17/h3-11H,12-15H2,1-2H3,(H2,22,23,25). The third kappa shape index (κ3) is 4.36. The Labute approximate surface area is 165 Å². The fourth-order valence-electron chi connectivity index (χ4n) is 3.31. The van der Waals surface area contributed by atoms with Crippen molar-refractivity contribution in [1.29, 1.82) is 0 Å². The molecule has 1 heterocycles. The van der Waals surface area contributed by atoms with Gasteiger partial charge in [0.25, 0.3) is 0 Å². The molecule has 0 aliphatic carbocycles. The zero-order chi connectivity index (χ0) is 20.1. The molecule has 0 fully saturated rings.